The third-order valence-electron chi connectivity index (χ3n) is 2.74. The average molecular weight is 311 g/mol. The van der Waals surface area contributed by atoms with E-state index in [1.165, 1.54) is 0 Å². The third kappa shape index (κ3) is 3.94. The molecule has 0 saturated heterocycles. The molecule has 0 amide bonds. The molecule has 114 valence electrons. The van der Waals surface area contributed by atoms with Crippen LogP contribution in [0.1, 0.15) is 18.9 Å². The van der Waals surface area contributed by atoms with Gasteiger partial charge in [-0.1, -0.05) is 6.92 Å². The first-order valence-electron chi connectivity index (χ1n) is 6.01. The van der Waals surface area contributed by atoms with Crippen molar-refractivity contribution in [1.29, 1.82) is 0 Å². The first-order valence-corrected chi connectivity index (χ1v) is 7.45. The van der Waals surface area contributed by atoms with Crippen LogP contribution in [0.2, 0.25) is 0 Å². The van der Waals surface area contributed by atoms with Crippen LogP contribution in [-0.2, 0) is 16.2 Å². The molecule has 0 heterocycles. The van der Waals surface area contributed by atoms with E-state index in [1.54, 1.807) is 6.92 Å². The molecule has 0 saturated carbocycles. The highest BCUT2D eigenvalue weighted by atomic mass is 32.2. The summed E-state index contributed by atoms with van der Waals surface area (Å²) in [6.45, 7) is 1.78. The maximum Gasteiger partial charge on any atom is 0.416 e. The number of hydrogen-bond acceptors (Lipinski definition) is 3. The number of nitrogens with zero attached hydrogens (tertiary/aromatic N) is 1. The summed E-state index contributed by atoms with van der Waals surface area (Å²) in [4.78, 5) is -0.190. The maximum atomic E-state index is 12.4. The minimum absolute atomic E-state index is 0.121. The number of aliphatic hydroxyl groups is 1. The van der Waals surface area contributed by atoms with Gasteiger partial charge in [-0.3, -0.25) is 0 Å². The van der Waals surface area contributed by atoms with Gasteiger partial charge in [0.25, 0.3) is 0 Å². The van der Waals surface area contributed by atoms with E-state index in [1.807, 2.05) is 0 Å². The van der Waals surface area contributed by atoms with E-state index in [-0.39, 0.29) is 31.0 Å². The Balaban J connectivity index is 3.03. The van der Waals surface area contributed by atoms with Crippen LogP contribution in [0, 0.1) is 0 Å². The predicted molar refractivity (Wildman–Crippen MR) is 67.6 cm³/mol. The highest BCUT2D eigenvalue weighted by Crippen LogP contribution is 2.30. The van der Waals surface area contributed by atoms with E-state index in [4.69, 9.17) is 5.11 Å². The molecule has 0 unspecified atom stereocenters. The second-order valence-electron chi connectivity index (χ2n) is 4.10. The van der Waals surface area contributed by atoms with Crippen LogP contribution < -0.4 is 0 Å². The Morgan fingerprint density at radius 1 is 1.20 bits per heavy atom. The number of alkyl halides is 3. The van der Waals surface area contributed by atoms with Crippen molar-refractivity contribution in [3.63, 3.8) is 0 Å². The molecular weight excluding hydrogens is 295 g/mol. The van der Waals surface area contributed by atoms with Crippen molar-refractivity contribution in [2.75, 3.05) is 19.7 Å². The summed E-state index contributed by atoms with van der Waals surface area (Å²) < 4.78 is 62.8. The fourth-order valence-electron chi connectivity index (χ4n) is 1.66. The third-order valence-corrected chi connectivity index (χ3v) is 4.73. The lowest BCUT2D eigenvalue weighted by Gasteiger charge is -2.20. The number of halogens is 3. The summed E-state index contributed by atoms with van der Waals surface area (Å²) in [5.74, 6) is 0. The minimum atomic E-state index is -4.50. The van der Waals surface area contributed by atoms with Gasteiger partial charge in [0, 0.05) is 19.7 Å². The van der Waals surface area contributed by atoms with E-state index in [0.717, 1.165) is 28.6 Å². The normalized spacial score (nSPS) is 12.9. The van der Waals surface area contributed by atoms with Crippen LogP contribution in [0.15, 0.2) is 29.2 Å². The van der Waals surface area contributed by atoms with Gasteiger partial charge in [0.05, 0.1) is 10.5 Å². The van der Waals surface area contributed by atoms with E-state index in [0.29, 0.717) is 0 Å². The summed E-state index contributed by atoms with van der Waals surface area (Å²) in [5, 5.41) is 8.73. The molecule has 4 nitrogen and oxygen atoms in total. The van der Waals surface area contributed by atoms with Gasteiger partial charge in [-0.05, 0) is 30.7 Å². The first-order chi connectivity index (χ1) is 9.23. The summed E-state index contributed by atoms with van der Waals surface area (Å²) in [6.07, 6.45) is -4.22. The van der Waals surface area contributed by atoms with Gasteiger partial charge in [0.2, 0.25) is 10.0 Å². The van der Waals surface area contributed by atoms with Crippen molar-refractivity contribution in [2.45, 2.75) is 24.4 Å². The smallest absolute Gasteiger partial charge is 0.396 e. The quantitative estimate of drug-likeness (QED) is 0.875. The van der Waals surface area contributed by atoms with Gasteiger partial charge in [-0.25, -0.2) is 8.42 Å². The zero-order valence-electron chi connectivity index (χ0n) is 10.9. The Hall–Kier alpha value is -1.12. The highest BCUT2D eigenvalue weighted by molar-refractivity contribution is 7.89. The Bertz CT molecular complexity index is 526. The summed E-state index contributed by atoms with van der Waals surface area (Å²) in [5.41, 5.74) is -0.894. The van der Waals surface area contributed by atoms with Crippen LogP contribution in [0.3, 0.4) is 0 Å². The van der Waals surface area contributed by atoms with E-state index < -0.39 is 21.8 Å². The number of rotatable bonds is 6. The molecular formula is C12H16F3NO3S. The molecule has 0 aromatic heterocycles. The van der Waals surface area contributed by atoms with Crippen LogP contribution >= 0.6 is 0 Å². The number of sulfonamides is 1. The Morgan fingerprint density at radius 2 is 1.75 bits per heavy atom. The lowest BCUT2D eigenvalue weighted by molar-refractivity contribution is -0.137. The topological polar surface area (TPSA) is 57.6 Å². The van der Waals surface area contributed by atoms with Crippen molar-refractivity contribution in [1.82, 2.24) is 4.31 Å². The summed E-state index contributed by atoms with van der Waals surface area (Å²) in [6, 6.07) is 3.37. The largest absolute Gasteiger partial charge is 0.416 e. The lowest BCUT2D eigenvalue weighted by atomic mass is 10.2. The van der Waals surface area contributed by atoms with Gasteiger partial charge in [-0.15, -0.1) is 0 Å². The zero-order valence-corrected chi connectivity index (χ0v) is 11.7. The second kappa shape index (κ2) is 6.55. The summed E-state index contributed by atoms with van der Waals surface area (Å²) >= 11 is 0. The first kappa shape index (κ1) is 16.9. The molecule has 8 heteroatoms. The molecule has 0 aliphatic carbocycles. The molecule has 0 fully saturated rings. The SMILES string of the molecule is CCN(CCCO)S(=O)(=O)c1ccc(C(F)(F)F)cc1. The second-order valence-corrected chi connectivity index (χ2v) is 6.03. The molecule has 0 aliphatic rings. The number of benzene rings is 1. The number of aliphatic hydroxyl groups excluding tert-OH is 1. The molecule has 0 aliphatic heterocycles. The zero-order chi connectivity index (χ0) is 15.4. The highest BCUT2D eigenvalue weighted by Gasteiger charge is 2.31. The fraction of sp³-hybridized carbons (Fsp3) is 0.500. The Morgan fingerprint density at radius 3 is 2.15 bits per heavy atom. The molecule has 0 radical (unpaired) electrons. The monoisotopic (exact) mass is 311 g/mol. The van der Waals surface area contributed by atoms with Gasteiger partial charge in [-0.2, -0.15) is 17.5 Å². The lowest BCUT2D eigenvalue weighted by Crippen LogP contribution is -2.32. The standard InChI is InChI=1S/C12H16F3NO3S/c1-2-16(8-3-9-17)20(18,19)11-6-4-10(5-7-11)12(13,14)15/h4-7,17H,2-3,8-9H2,1H3. The van der Waals surface area contributed by atoms with Crippen LogP contribution in [0.4, 0.5) is 13.2 Å². The van der Waals surface area contributed by atoms with Crippen molar-refractivity contribution in [2.24, 2.45) is 0 Å². The maximum absolute atomic E-state index is 12.4. The molecule has 1 aromatic carbocycles. The van der Waals surface area contributed by atoms with Crippen molar-refractivity contribution in [3.05, 3.63) is 29.8 Å². The van der Waals surface area contributed by atoms with Crippen LogP contribution in [0.25, 0.3) is 0 Å². The van der Waals surface area contributed by atoms with Crippen molar-refractivity contribution >= 4 is 10.0 Å². The molecule has 0 spiro atoms. The molecule has 1 aromatic rings. The number of hydrogen-bond donors (Lipinski definition) is 1. The fourth-order valence-corrected chi connectivity index (χ4v) is 3.15. The van der Waals surface area contributed by atoms with Crippen LogP contribution in [0.5, 0.6) is 0 Å². The summed E-state index contributed by atoms with van der Waals surface area (Å²) in [7, 11) is -3.83. The van der Waals surface area contributed by atoms with Gasteiger partial charge in [0.15, 0.2) is 0 Å². The van der Waals surface area contributed by atoms with Crippen molar-refractivity contribution in [3.8, 4) is 0 Å². The van der Waals surface area contributed by atoms with E-state index in [9.17, 15) is 21.6 Å². The molecule has 0 bridgehead atoms. The van der Waals surface area contributed by atoms with Gasteiger partial charge >= 0.3 is 6.18 Å². The Labute approximate surface area is 115 Å². The molecule has 1 rings (SSSR count). The van der Waals surface area contributed by atoms with Crippen LogP contribution in [-0.4, -0.2) is 37.5 Å². The minimum Gasteiger partial charge on any atom is -0.396 e. The van der Waals surface area contributed by atoms with E-state index in [2.05, 4.69) is 0 Å². The van der Waals surface area contributed by atoms with E-state index >= 15 is 0 Å². The molecule has 20 heavy (non-hydrogen) atoms. The predicted octanol–water partition coefficient (Wildman–Crippen LogP) is 2.10. The van der Waals surface area contributed by atoms with Gasteiger partial charge in [0.1, 0.15) is 0 Å². The van der Waals surface area contributed by atoms with Gasteiger partial charge < -0.3 is 5.11 Å². The Kier molecular flexibility index (Phi) is 5.55. The molecule has 0 atom stereocenters. The van der Waals surface area contributed by atoms with Crippen molar-refractivity contribution < 1.29 is 26.7 Å². The average Bonchev–Trinajstić information content (AvgIpc) is 2.38. The molecule has 1 N–H and O–H groups in total.